The van der Waals surface area contributed by atoms with Crippen LogP contribution in [0.15, 0.2) is 12.3 Å². The number of aromatic carboxylic acids is 1. The molecular formula is C10H10FNO3. The van der Waals surface area contributed by atoms with Crippen molar-refractivity contribution >= 4 is 11.8 Å². The number of aromatic amines is 1. The van der Waals surface area contributed by atoms with Crippen LogP contribution in [0.25, 0.3) is 0 Å². The molecule has 1 aliphatic carbocycles. The molecule has 2 rings (SSSR count). The smallest absolute Gasteiger partial charge is 0.352 e. The number of hydrogen-bond acceptors (Lipinski definition) is 2. The van der Waals surface area contributed by atoms with Crippen molar-refractivity contribution in [3.05, 3.63) is 23.5 Å². The molecule has 2 N–H and O–H groups in total. The molecule has 1 aliphatic rings. The van der Waals surface area contributed by atoms with E-state index in [4.69, 9.17) is 5.11 Å². The summed E-state index contributed by atoms with van der Waals surface area (Å²) < 4.78 is 12.9. The van der Waals surface area contributed by atoms with Crippen molar-refractivity contribution in [3.8, 4) is 0 Å². The Hall–Kier alpha value is -1.65. The van der Waals surface area contributed by atoms with Gasteiger partial charge in [0, 0.05) is 11.8 Å². The van der Waals surface area contributed by atoms with E-state index in [2.05, 4.69) is 4.98 Å². The number of H-pyrrole nitrogens is 1. The molecule has 5 heteroatoms. The van der Waals surface area contributed by atoms with Gasteiger partial charge in [-0.3, -0.25) is 4.79 Å². The summed E-state index contributed by atoms with van der Waals surface area (Å²) in [6, 6.07) is 1.24. The third-order valence-corrected chi connectivity index (χ3v) is 2.83. The predicted octanol–water partition coefficient (Wildman–Crippen LogP) is 1.64. The molecule has 0 bridgehead atoms. The average Bonchev–Trinajstić information content (AvgIpc) is 2.68. The van der Waals surface area contributed by atoms with Crippen LogP contribution in [0.3, 0.4) is 0 Å². The highest BCUT2D eigenvalue weighted by Crippen LogP contribution is 2.50. The van der Waals surface area contributed by atoms with Gasteiger partial charge in [-0.25, -0.2) is 9.18 Å². The number of carboxylic acid groups (broad SMARTS) is 1. The molecule has 1 aromatic rings. The normalized spacial score (nSPS) is 28.8. The molecular weight excluding hydrogens is 201 g/mol. The van der Waals surface area contributed by atoms with Crippen molar-refractivity contribution in [2.24, 2.45) is 5.41 Å². The number of halogens is 1. The molecule has 0 aromatic carbocycles. The maximum atomic E-state index is 12.9. The number of aromatic nitrogens is 1. The van der Waals surface area contributed by atoms with Crippen LogP contribution in [-0.4, -0.2) is 28.0 Å². The Morgan fingerprint density at radius 1 is 1.67 bits per heavy atom. The largest absolute Gasteiger partial charge is 0.477 e. The van der Waals surface area contributed by atoms with Gasteiger partial charge in [-0.1, -0.05) is 0 Å². The third-order valence-electron chi connectivity index (χ3n) is 2.83. The van der Waals surface area contributed by atoms with E-state index in [1.54, 1.807) is 6.92 Å². The maximum absolute atomic E-state index is 12.9. The first-order valence-electron chi connectivity index (χ1n) is 4.56. The zero-order valence-electron chi connectivity index (χ0n) is 8.08. The molecule has 80 valence electrons. The van der Waals surface area contributed by atoms with Crippen molar-refractivity contribution in [2.75, 3.05) is 0 Å². The fourth-order valence-corrected chi connectivity index (χ4v) is 1.53. The first-order chi connectivity index (χ1) is 6.95. The lowest BCUT2D eigenvalue weighted by molar-refractivity contribution is 0.0691. The third kappa shape index (κ3) is 1.44. The summed E-state index contributed by atoms with van der Waals surface area (Å²) >= 11 is 0. The number of carboxylic acids is 1. The van der Waals surface area contributed by atoms with Crippen LogP contribution in [0.2, 0.25) is 0 Å². The van der Waals surface area contributed by atoms with Gasteiger partial charge < -0.3 is 10.1 Å². The SMILES string of the molecule is CC1(C(=O)c2c[nH]c(C(=O)O)c2)CC1F. The highest BCUT2D eigenvalue weighted by atomic mass is 19.1. The van der Waals surface area contributed by atoms with Crippen LogP contribution in [0, 0.1) is 5.41 Å². The van der Waals surface area contributed by atoms with E-state index < -0.39 is 17.6 Å². The Bertz CT molecular complexity index is 440. The summed E-state index contributed by atoms with van der Waals surface area (Å²) in [7, 11) is 0. The van der Waals surface area contributed by atoms with E-state index in [0.717, 1.165) is 0 Å². The minimum atomic E-state index is -1.13. The molecule has 2 atom stereocenters. The number of hydrogen-bond donors (Lipinski definition) is 2. The Balaban J connectivity index is 2.24. The molecule has 0 saturated heterocycles. The van der Waals surface area contributed by atoms with Crippen LogP contribution in [0.1, 0.15) is 34.2 Å². The van der Waals surface area contributed by atoms with E-state index in [9.17, 15) is 14.0 Å². The van der Waals surface area contributed by atoms with Crippen molar-refractivity contribution in [3.63, 3.8) is 0 Å². The summed E-state index contributed by atoms with van der Waals surface area (Å²) in [6.45, 7) is 1.55. The second-order valence-corrected chi connectivity index (χ2v) is 4.03. The van der Waals surface area contributed by atoms with E-state index in [1.165, 1.54) is 12.3 Å². The fourth-order valence-electron chi connectivity index (χ4n) is 1.53. The van der Waals surface area contributed by atoms with Gasteiger partial charge in [0.05, 0.1) is 5.41 Å². The van der Waals surface area contributed by atoms with E-state index in [-0.39, 0.29) is 23.5 Å². The molecule has 1 fully saturated rings. The molecule has 0 radical (unpaired) electrons. The Morgan fingerprint density at radius 2 is 2.27 bits per heavy atom. The lowest BCUT2D eigenvalue weighted by atomic mass is 9.98. The number of Topliss-reactive ketones (excluding diaryl/α,β-unsaturated/α-hetero) is 1. The van der Waals surface area contributed by atoms with Gasteiger partial charge in [-0.2, -0.15) is 0 Å². The molecule has 1 saturated carbocycles. The molecule has 0 aliphatic heterocycles. The van der Waals surface area contributed by atoms with Crippen molar-refractivity contribution in [2.45, 2.75) is 19.5 Å². The minimum absolute atomic E-state index is 0.0574. The number of carbonyl (C=O) groups is 2. The molecule has 15 heavy (non-hydrogen) atoms. The standard InChI is InChI=1S/C10H10FNO3/c1-10(3-7(10)11)8(13)5-2-6(9(14)15)12-4-5/h2,4,7,12H,3H2,1H3,(H,14,15). The first kappa shape index (κ1) is 9.89. The van der Waals surface area contributed by atoms with Gasteiger partial charge in [-0.15, -0.1) is 0 Å². The highest BCUT2D eigenvalue weighted by molar-refractivity contribution is 6.04. The first-order valence-corrected chi connectivity index (χ1v) is 4.56. The van der Waals surface area contributed by atoms with Gasteiger partial charge in [0.25, 0.3) is 0 Å². The van der Waals surface area contributed by atoms with Crippen LogP contribution in [0.5, 0.6) is 0 Å². The van der Waals surface area contributed by atoms with Crippen LogP contribution in [-0.2, 0) is 0 Å². The molecule has 2 unspecified atom stereocenters. The number of alkyl halides is 1. The van der Waals surface area contributed by atoms with Gasteiger partial charge in [0.1, 0.15) is 11.9 Å². The van der Waals surface area contributed by atoms with E-state index >= 15 is 0 Å². The molecule has 4 nitrogen and oxygen atoms in total. The predicted molar refractivity (Wildman–Crippen MR) is 49.7 cm³/mol. The van der Waals surface area contributed by atoms with Gasteiger partial charge >= 0.3 is 5.97 Å². The number of nitrogens with one attached hydrogen (secondary N) is 1. The second kappa shape index (κ2) is 2.92. The second-order valence-electron chi connectivity index (χ2n) is 4.03. The van der Waals surface area contributed by atoms with Crippen molar-refractivity contribution in [1.82, 2.24) is 4.98 Å². The van der Waals surface area contributed by atoms with Crippen LogP contribution >= 0.6 is 0 Å². The van der Waals surface area contributed by atoms with Crippen LogP contribution in [0.4, 0.5) is 4.39 Å². The Kier molecular flexibility index (Phi) is 1.92. The molecule has 1 aromatic heterocycles. The lowest BCUT2D eigenvalue weighted by Crippen LogP contribution is -2.14. The average molecular weight is 211 g/mol. The highest BCUT2D eigenvalue weighted by Gasteiger charge is 2.57. The zero-order chi connectivity index (χ0) is 11.2. The number of rotatable bonds is 3. The summed E-state index contributed by atoms with van der Waals surface area (Å²) in [5.74, 6) is -1.47. The minimum Gasteiger partial charge on any atom is -0.477 e. The fraction of sp³-hybridized carbons (Fsp3) is 0.400. The Labute approximate surface area is 85.1 Å². The van der Waals surface area contributed by atoms with Gasteiger partial charge in [0.15, 0.2) is 5.78 Å². The summed E-state index contributed by atoms with van der Waals surface area (Å²) in [5.41, 5.74) is -0.772. The van der Waals surface area contributed by atoms with Gasteiger partial charge in [0.2, 0.25) is 0 Å². The van der Waals surface area contributed by atoms with E-state index in [0.29, 0.717) is 0 Å². The summed E-state index contributed by atoms with van der Waals surface area (Å²) in [4.78, 5) is 24.7. The molecule has 0 spiro atoms. The molecule has 1 heterocycles. The van der Waals surface area contributed by atoms with Crippen molar-refractivity contribution < 1.29 is 19.1 Å². The maximum Gasteiger partial charge on any atom is 0.352 e. The molecule has 0 amide bonds. The van der Waals surface area contributed by atoms with Gasteiger partial charge in [-0.05, 0) is 19.4 Å². The quantitative estimate of drug-likeness (QED) is 0.746. The number of carbonyl (C=O) groups excluding carboxylic acids is 1. The topological polar surface area (TPSA) is 70.2 Å². The lowest BCUT2D eigenvalue weighted by Gasteiger charge is -2.03. The van der Waals surface area contributed by atoms with Crippen molar-refractivity contribution in [1.29, 1.82) is 0 Å². The Morgan fingerprint density at radius 3 is 2.67 bits per heavy atom. The zero-order valence-corrected chi connectivity index (χ0v) is 8.08. The van der Waals surface area contributed by atoms with E-state index in [1.807, 2.05) is 0 Å². The summed E-state index contributed by atoms with van der Waals surface area (Å²) in [6.07, 6.45) is 0.426. The summed E-state index contributed by atoms with van der Waals surface area (Å²) in [5, 5.41) is 8.63. The monoisotopic (exact) mass is 211 g/mol. The number of ketones is 1. The van der Waals surface area contributed by atoms with Crippen LogP contribution < -0.4 is 0 Å².